The summed E-state index contributed by atoms with van der Waals surface area (Å²) in [5.74, 6) is 0.509. The van der Waals surface area contributed by atoms with Crippen LogP contribution in [0, 0.1) is 10.1 Å². The maximum atomic E-state index is 11.5. The maximum Gasteiger partial charge on any atom is 0.315 e. The number of rotatable bonds is 3. The van der Waals surface area contributed by atoms with Gasteiger partial charge < -0.3 is 9.52 Å². The van der Waals surface area contributed by atoms with E-state index in [0.717, 1.165) is 67.5 Å². The van der Waals surface area contributed by atoms with E-state index in [1.807, 2.05) is 23.2 Å². The van der Waals surface area contributed by atoms with E-state index in [2.05, 4.69) is 11.2 Å². The zero-order chi connectivity index (χ0) is 20.0. The third-order valence-corrected chi connectivity index (χ3v) is 5.84. The van der Waals surface area contributed by atoms with Crippen LogP contribution in [0.4, 0.5) is 11.4 Å². The Morgan fingerprint density at radius 1 is 1.17 bits per heavy atom. The second kappa shape index (κ2) is 6.92. The number of hydrazone groups is 1. The van der Waals surface area contributed by atoms with Crippen LogP contribution in [0.3, 0.4) is 0 Å². The lowest BCUT2D eigenvalue weighted by Gasteiger charge is -2.26. The lowest BCUT2D eigenvalue weighted by Crippen LogP contribution is -2.24. The molecule has 148 valence electrons. The van der Waals surface area contributed by atoms with Crippen molar-refractivity contribution in [3.63, 3.8) is 0 Å². The predicted octanol–water partition coefficient (Wildman–Crippen LogP) is 4.71. The number of fused-ring (bicyclic) bond motifs is 4. The van der Waals surface area contributed by atoms with Crippen molar-refractivity contribution in [3.05, 3.63) is 62.9 Å². The number of furan rings is 1. The molecule has 0 amide bonds. The van der Waals surface area contributed by atoms with Crippen molar-refractivity contribution >= 4 is 28.6 Å². The largest absolute Gasteiger partial charge is 0.502 e. The average Bonchev–Trinajstić information content (AvgIpc) is 3.11. The van der Waals surface area contributed by atoms with Crippen molar-refractivity contribution in [1.29, 1.82) is 0 Å². The average molecular weight is 391 g/mol. The Bertz CT molecular complexity index is 1150. The molecule has 5 rings (SSSR count). The van der Waals surface area contributed by atoms with Gasteiger partial charge in [0, 0.05) is 23.9 Å². The molecule has 0 saturated heterocycles. The molecule has 0 saturated carbocycles. The second-order valence-electron chi connectivity index (χ2n) is 7.60. The van der Waals surface area contributed by atoms with Crippen molar-refractivity contribution in [1.82, 2.24) is 0 Å². The van der Waals surface area contributed by atoms with E-state index >= 15 is 0 Å². The van der Waals surface area contributed by atoms with Gasteiger partial charge in [-0.15, -0.1) is 0 Å². The summed E-state index contributed by atoms with van der Waals surface area (Å²) in [5, 5.41) is 29.5. The quantitative estimate of drug-likeness (QED) is 0.396. The summed E-state index contributed by atoms with van der Waals surface area (Å²) in [4.78, 5) is 10.9. The number of hydrogen-bond donors (Lipinski definition) is 1. The number of phenols is 1. The van der Waals surface area contributed by atoms with E-state index in [-0.39, 0.29) is 11.4 Å². The van der Waals surface area contributed by atoms with Gasteiger partial charge in [0.05, 0.1) is 28.5 Å². The van der Waals surface area contributed by atoms with Gasteiger partial charge in [0.15, 0.2) is 0 Å². The summed E-state index contributed by atoms with van der Waals surface area (Å²) in [6.07, 6.45) is 7.26. The van der Waals surface area contributed by atoms with Crippen molar-refractivity contribution in [2.75, 3.05) is 11.6 Å². The fraction of sp³-hybridized carbons (Fsp3) is 0.318. The molecule has 0 fully saturated rings. The first-order valence-corrected chi connectivity index (χ1v) is 9.97. The topological polar surface area (TPSA) is 92.1 Å². The molecule has 1 aliphatic carbocycles. The van der Waals surface area contributed by atoms with E-state index < -0.39 is 4.92 Å². The second-order valence-corrected chi connectivity index (χ2v) is 7.60. The molecule has 2 aliphatic rings. The molecule has 2 heterocycles. The molecule has 2 aromatic carbocycles. The highest BCUT2D eigenvalue weighted by Gasteiger charge is 2.27. The molecule has 29 heavy (non-hydrogen) atoms. The maximum absolute atomic E-state index is 11.5. The Morgan fingerprint density at radius 2 is 2.00 bits per heavy atom. The Kier molecular flexibility index (Phi) is 4.23. The van der Waals surface area contributed by atoms with Gasteiger partial charge in [-0.3, -0.25) is 15.1 Å². The summed E-state index contributed by atoms with van der Waals surface area (Å²) in [6.45, 7) is 0.760. The summed E-state index contributed by atoms with van der Waals surface area (Å²) in [6, 6.07) is 9.43. The number of nitro benzene ring substituents is 1. The number of anilines is 1. The van der Waals surface area contributed by atoms with E-state index in [0.29, 0.717) is 11.1 Å². The molecular formula is C22H21N3O4. The SMILES string of the molecule is O=[N+]([O-])c1cc2oc3c(c2c(C=NN2CCCc4ccccc42)c1O)CCCC3. The smallest absolute Gasteiger partial charge is 0.315 e. The molecule has 3 aromatic rings. The molecule has 0 unspecified atom stereocenters. The van der Waals surface area contributed by atoms with Crippen LogP contribution in [0.1, 0.15) is 41.7 Å². The molecule has 7 nitrogen and oxygen atoms in total. The first kappa shape index (κ1) is 17.7. The Hall–Kier alpha value is -3.35. The number of aryl methyl sites for hydroxylation is 3. The third kappa shape index (κ3) is 2.93. The molecular weight excluding hydrogens is 370 g/mol. The normalized spacial score (nSPS) is 16.2. The molecule has 1 N–H and O–H groups in total. The van der Waals surface area contributed by atoms with Crippen molar-refractivity contribution in [2.45, 2.75) is 38.5 Å². The van der Waals surface area contributed by atoms with Gasteiger partial charge in [-0.2, -0.15) is 5.10 Å². The summed E-state index contributed by atoms with van der Waals surface area (Å²) in [5.41, 5.74) is 3.75. The molecule has 1 aromatic heterocycles. The zero-order valence-electron chi connectivity index (χ0n) is 15.9. The lowest BCUT2D eigenvalue weighted by molar-refractivity contribution is -0.385. The molecule has 7 heteroatoms. The Morgan fingerprint density at radius 3 is 2.86 bits per heavy atom. The first-order chi connectivity index (χ1) is 14.1. The first-order valence-electron chi connectivity index (χ1n) is 9.97. The van der Waals surface area contributed by atoms with Crippen LogP contribution >= 0.6 is 0 Å². The summed E-state index contributed by atoms with van der Waals surface area (Å²) >= 11 is 0. The number of aromatic hydroxyl groups is 1. The number of hydrogen-bond acceptors (Lipinski definition) is 6. The number of nitrogens with zero attached hydrogens (tertiary/aromatic N) is 3. The van der Waals surface area contributed by atoms with Crippen LogP contribution in [0.15, 0.2) is 39.9 Å². The van der Waals surface area contributed by atoms with Crippen molar-refractivity contribution in [3.8, 4) is 5.75 Å². The molecule has 0 spiro atoms. The minimum Gasteiger partial charge on any atom is -0.502 e. The monoisotopic (exact) mass is 391 g/mol. The van der Waals surface area contributed by atoms with Crippen molar-refractivity contribution in [2.24, 2.45) is 5.10 Å². The fourth-order valence-corrected chi connectivity index (χ4v) is 4.46. The molecule has 0 atom stereocenters. The zero-order valence-corrected chi connectivity index (χ0v) is 15.9. The minimum absolute atomic E-state index is 0.356. The summed E-state index contributed by atoms with van der Waals surface area (Å²) < 4.78 is 5.93. The van der Waals surface area contributed by atoms with Crippen LogP contribution < -0.4 is 5.01 Å². The Balaban J connectivity index is 1.66. The number of nitro groups is 1. The van der Waals surface area contributed by atoms with E-state index in [4.69, 9.17) is 4.42 Å². The van der Waals surface area contributed by atoms with Crippen molar-refractivity contribution < 1.29 is 14.4 Å². The van der Waals surface area contributed by atoms with Crippen LogP contribution in [0.25, 0.3) is 11.0 Å². The minimum atomic E-state index is -0.580. The third-order valence-electron chi connectivity index (χ3n) is 5.84. The highest BCUT2D eigenvalue weighted by Crippen LogP contribution is 2.41. The van der Waals surface area contributed by atoms with Crippen LogP contribution in [0.5, 0.6) is 5.75 Å². The van der Waals surface area contributed by atoms with Gasteiger partial charge in [-0.1, -0.05) is 18.2 Å². The van der Waals surface area contributed by atoms with Gasteiger partial charge in [0.25, 0.3) is 0 Å². The summed E-state index contributed by atoms with van der Waals surface area (Å²) in [7, 11) is 0. The van der Waals surface area contributed by atoms with Gasteiger partial charge in [-0.05, 0) is 43.7 Å². The van der Waals surface area contributed by atoms with Crippen LogP contribution in [-0.2, 0) is 19.3 Å². The number of phenolic OH excluding ortho intramolecular Hbond substituents is 1. The van der Waals surface area contributed by atoms with Crippen LogP contribution in [-0.4, -0.2) is 22.8 Å². The standard InChI is InChI=1S/C22H21N3O4/c26-22-16(13-23-24-11-5-7-14-6-1-3-9-17(14)24)21-15-8-2-4-10-19(15)29-20(21)12-18(22)25(27)28/h1,3,6,9,12-13,26H,2,4-5,7-8,10-11H2. The number of para-hydroxylation sites is 1. The fourth-order valence-electron chi connectivity index (χ4n) is 4.46. The van der Waals surface area contributed by atoms with Gasteiger partial charge in [0.2, 0.25) is 5.75 Å². The molecule has 0 radical (unpaired) electrons. The van der Waals surface area contributed by atoms with Gasteiger partial charge in [0.1, 0.15) is 11.3 Å². The predicted molar refractivity (Wildman–Crippen MR) is 111 cm³/mol. The Labute approximate surface area is 167 Å². The van der Waals surface area contributed by atoms with E-state index in [9.17, 15) is 15.2 Å². The number of benzene rings is 2. The van der Waals surface area contributed by atoms with Gasteiger partial charge >= 0.3 is 5.69 Å². The highest BCUT2D eigenvalue weighted by atomic mass is 16.6. The molecule has 0 bridgehead atoms. The lowest BCUT2D eigenvalue weighted by atomic mass is 9.93. The molecule has 1 aliphatic heterocycles. The van der Waals surface area contributed by atoms with E-state index in [1.54, 1.807) is 6.21 Å². The highest BCUT2D eigenvalue weighted by molar-refractivity contribution is 6.05. The van der Waals surface area contributed by atoms with Gasteiger partial charge in [-0.25, -0.2) is 0 Å². The van der Waals surface area contributed by atoms with E-state index in [1.165, 1.54) is 11.6 Å². The van der Waals surface area contributed by atoms with Crippen LogP contribution in [0.2, 0.25) is 0 Å².